The van der Waals surface area contributed by atoms with Gasteiger partial charge in [-0.15, -0.1) is 5.10 Å². The van der Waals surface area contributed by atoms with E-state index in [9.17, 15) is 0 Å². The average Bonchev–Trinajstić information content (AvgIpc) is 2.87. The molecule has 0 spiro atoms. The summed E-state index contributed by atoms with van der Waals surface area (Å²) in [5.41, 5.74) is 0. The molecule has 0 bridgehead atoms. The maximum Gasteiger partial charge on any atom is 0.210 e. The van der Waals surface area contributed by atoms with Crippen molar-refractivity contribution in [2.45, 2.75) is 11.7 Å². The number of tetrazole rings is 1. The Morgan fingerprint density at radius 2 is 2.50 bits per heavy atom. The molecule has 2 aromatic rings. The second-order valence-electron chi connectivity index (χ2n) is 3.00. The molecule has 84 valence electrons. The number of nitrogens with zero attached hydrogens (tertiary/aromatic N) is 4. The standard InChI is InChI=1S/C9H9BrN4OS/c1-7(10)6-16-9-11-12-13-14(9)5-8-3-2-4-15-8/h2-4H,1,5-6H2. The van der Waals surface area contributed by atoms with Gasteiger partial charge in [0.2, 0.25) is 5.16 Å². The summed E-state index contributed by atoms with van der Waals surface area (Å²) in [5.74, 6) is 1.56. The van der Waals surface area contributed by atoms with Gasteiger partial charge in [-0.1, -0.05) is 34.3 Å². The molecule has 0 saturated carbocycles. The Morgan fingerprint density at radius 1 is 1.62 bits per heavy atom. The smallest absolute Gasteiger partial charge is 0.210 e. The maximum atomic E-state index is 5.23. The van der Waals surface area contributed by atoms with Crippen molar-refractivity contribution in [1.82, 2.24) is 20.2 Å². The van der Waals surface area contributed by atoms with Gasteiger partial charge in [0.15, 0.2) is 0 Å². The lowest BCUT2D eigenvalue weighted by atomic mass is 10.4. The van der Waals surface area contributed by atoms with Gasteiger partial charge in [0.05, 0.1) is 6.26 Å². The molecule has 0 radical (unpaired) electrons. The monoisotopic (exact) mass is 300 g/mol. The van der Waals surface area contributed by atoms with Crippen LogP contribution in [0.4, 0.5) is 0 Å². The zero-order valence-electron chi connectivity index (χ0n) is 8.34. The Balaban J connectivity index is 2.04. The van der Waals surface area contributed by atoms with Crippen LogP contribution in [0.1, 0.15) is 5.76 Å². The van der Waals surface area contributed by atoms with E-state index in [1.165, 1.54) is 11.8 Å². The number of hydrogen-bond acceptors (Lipinski definition) is 5. The van der Waals surface area contributed by atoms with Crippen molar-refractivity contribution in [3.05, 3.63) is 35.2 Å². The van der Waals surface area contributed by atoms with E-state index in [-0.39, 0.29) is 0 Å². The number of hydrogen-bond donors (Lipinski definition) is 0. The molecule has 0 atom stereocenters. The molecular formula is C9H9BrN4OS. The topological polar surface area (TPSA) is 56.7 Å². The van der Waals surface area contributed by atoms with E-state index in [4.69, 9.17) is 4.42 Å². The fraction of sp³-hybridized carbons (Fsp3) is 0.222. The highest BCUT2D eigenvalue weighted by Crippen LogP contribution is 2.19. The van der Waals surface area contributed by atoms with Crippen LogP contribution in [0.25, 0.3) is 0 Å². The van der Waals surface area contributed by atoms with Crippen molar-refractivity contribution in [3.8, 4) is 0 Å². The lowest BCUT2D eigenvalue weighted by Crippen LogP contribution is -2.03. The maximum absolute atomic E-state index is 5.23. The van der Waals surface area contributed by atoms with Crippen LogP contribution in [0.2, 0.25) is 0 Å². The molecule has 2 heterocycles. The normalized spacial score (nSPS) is 10.6. The van der Waals surface area contributed by atoms with Crippen molar-refractivity contribution in [3.63, 3.8) is 0 Å². The molecule has 0 unspecified atom stereocenters. The molecule has 2 rings (SSSR count). The summed E-state index contributed by atoms with van der Waals surface area (Å²) in [7, 11) is 0. The Hall–Kier alpha value is -1.08. The van der Waals surface area contributed by atoms with Crippen LogP contribution < -0.4 is 0 Å². The number of rotatable bonds is 5. The largest absolute Gasteiger partial charge is 0.467 e. The highest BCUT2D eigenvalue weighted by Gasteiger charge is 2.08. The lowest BCUT2D eigenvalue weighted by molar-refractivity contribution is 0.462. The summed E-state index contributed by atoms with van der Waals surface area (Å²) in [6.07, 6.45) is 1.63. The van der Waals surface area contributed by atoms with Crippen LogP contribution in [0.3, 0.4) is 0 Å². The van der Waals surface area contributed by atoms with E-state index in [2.05, 4.69) is 38.0 Å². The molecular weight excluding hydrogens is 292 g/mol. The van der Waals surface area contributed by atoms with E-state index >= 15 is 0 Å². The van der Waals surface area contributed by atoms with E-state index in [0.29, 0.717) is 6.54 Å². The van der Waals surface area contributed by atoms with Crippen LogP contribution in [0, 0.1) is 0 Å². The SMILES string of the molecule is C=C(Br)CSc1nnnn1Cc1ccco1. The number of furan rings is 1. The first kappa shape index (κ1) is 11.4. The Morgan fingerprint density at radius 3 is 3.19 bits per heavy atom. The predicted molar refractivity (Wildman–Crippen MR) is 64.4 cm³/mol. The number of thioether (sulfide) groups is 1. The molecule has 0 aliphatic rings. The number of aromatic nitrogens is 4. The molecule has 7 heteroatoms. The molecule has 0 saturated heterocycles. The van der Waals surface area contributed by atoms with Crippen molar-refractivity contribution in [2.75, 3.05) is 5.75 Å². The lowest BCUT2D eigenvalue weighted by Gasteiger charge is -2.01. The molecule has 0 N–H and O–H groups in total. The molecule has 0 aliphatic carbocycles. The third-order valence-corrected chi connectivity index (χ3v) is 3.44. The fourth-order valence-electron chi connectivity index (χ4n) is 1.09. The molecule has 16 heavy (non-hydrogen) atoms. The Kier molecular flexibility index (Phi) is 3.79. The van der Waals surface area contributed by atoms with Gasteiger partial charge in [-0.3, -0.25) is 0 Å². The van der Waals surface area contributed by atoms with Crippen molar-refractivity contribution < 1.29 is 4.42 Å². The van der Waals surface area contributed by atoms with Crippen LogP contribution in [-0.2, 0) is 6.54 Å². The van der Waals surface area contributed by atoms with Gasteiger partial charge in [-0.05, 0) is 27.0 Å². The zero-order valence-corrected chi connectivity index (χ0v) is 10.7. The van der Waals surface area contributed by atoms with Gasteiger partial charge in [0, 0.05) is 5.75 Å². The molecule has 0 aromatic carbocycles. The number of halogens is 1. The molecule has 0 aliphatic heterocycles. The summed E-state index contributed by atoms with van der Waals surface area (Å²) in [6.45, 7) is 4.30. The van der Waals surface area contributed by atoms with E-state index < -0.39 is 0 Å². The van der Waals surface area contributed by atoms with Gasteiger partial charge in [0.1, 0.15) is 12.3 Å². The highest BCUT2D eigenvalue weighted by molar-refractivity contribution is 9.11. The van der Waals surface area contributed by atoms with Crippen molar-refractivity contribution >= 4 is 27.7 Å². The Labute approximate surface area is 105 Å². The zero-order chi connectivity index (χ0) is 11.4. The second kappa shape index (κ2) is 5.31. The molecule has 0 fully saturated rings. The summed E-state index contributed by atoms with van der Waals surface area (Å²) < 4.78 is 7.84. The van der Waals surface area contributed by atoms with Crippen LogP contribution >= 0.6 is 27.7 Å². The minimum atomic E-state index is 0.539. The first-order valence-corrected chi connectivity index (χ1v) is 6.28. The Bertz CT molecular complexity index is 468. The summed E-state index contributed by atoms with van der Waals surface area (Å²) in [4.78, 5) is 0. The highest BCUT2D eigenvalue weighted by atomic mass is 79.9. The molecule has 5 nitrogen and oxygen atoms in total. The van der Waals surface area contributed by atoms with Crippen molar-refractivity contribution in [1.29, 1.82) is 0 Å². The van der Waals surface area contributed by atoms with E-state index in [1.807, 2.05) is 12.1 Å². The molecule has 0 amide bonds. The van der Waals surface area contributed by atoms with Gasteiger partial charge in [-0.2, -0.15) is 0 Å². The van der Waals surface area contributed by atoms with Crippen LogP contribution in [-0.4, -0.2) is 26.0 Å². The third-order valence-electron chi connectivity index (χ3n) is 1.74. The predicted octanol–water partition coefficient (Wildman–Crippen LogP) is 2.32. The summed E-state index contributed by atoms with van der Waals surface area (Å²) >= 11 is 4.82. The van der Waals surface area contributed by atoms with Gasteiger partial charge in [-0.25, -0.2) is 4.68 Å². The van der Waals surface area contributed by atoms with Gasteiger partial charge >= 0.3 is 0 Å². The van der Waals surface area contributed by atoms with E-state index in [0.717, 1.165) is 21.2 Å². The summed E-state index contributed by atoms with van der Waals surface area (Å²) in [6, 6.07) is 3.73. The molecule has 2 aromatic heterocycles. The first-order valence-electron chi connectivity index (χ1n) is 4.50. The van der Waals surface area contributed by atoms with Crippen molar-refractivity contribution in [2.24, 2.45) is 0 Å². The van der Waals surface area contributed by atoms with Gasteiger partial charge < -0.3 is 4.42 Å². The minimum absolute atomic E-state index is 0.539. The average molecular weight is 301 g/mol. The second-order valence-corrected chi connectivity index (χ2v) is 5.07. The quantitative estimate of drug-likeness (QED) is 0.793. The summed E-state index contributed by atoms with van der Waals surface area (Å²) in [5, 5.41) is 12.2. The fourth-order valence-corrected chi connectivity index (χ4v) is 2.07. The first-order chi connectivity index (χ1) is 7.75. The van der Waals surface area contributed by atoms with Crippen LogP contribution in [0.5, 0.6) is 0 Å². The van der Waals surface area contributed by atoms with Crippen LogP contribution in [0.15, 0.2) is 39.0 Å². The third kappa shape index (κ3) is 2.96. The van der Waals surface area contributed by atoms with E-state index in [1.54, 1.807) is 10.9 Å². The van der Waals surface area contributed by atoms with Gasteiger partial charge in [0.25, 0.3) is 0 Å². The minimum Gasteiger partial charge on any atom is -0.467 e.